The predicted molar refractivity (Wildman–Crippen MR) is 151 cm³/mol. The van der Waals surface area contributed by atoms with Gasteiger partial charge in [-0.25, -0.2) is 9.37 Å². The third-order valence-corrected chi connectivity index (χ3v) is 7.60. The number of hydrogen-bond acceptors (Lipinski definition) is 8. The molecule has 0 bridgehead atoms. The molecule has 0 aliphatic carbocycles. The van der Waals surface area contributed by atoms with Crippen molar-refractivity contribution < 1.29 is 13.9 Å². The van der Waals surface area contributed by atoms with Gasteiger partial charge in [0.15, 0.2) is 6.29 Å². The number of amidine groups is 1. The molecule has 4 heterocycles. The molecule has 0 spiro atoms. The number of aromatic nitrogens is 1. The SMILES string of the molecule is COC(CN1CCN(c2cccc(C3=CNC(/C=C\C(=N)N4CCC[C@@H]4c4cccc(F)c4)N3)n2)CC1)OC. The van der Waals surface area contributed by atoms with E-state index in [-0.39, 0.29) is 24.3 Å². The highest BCUT2D eigenvalue weighted by molar-refractivity contribution is 5.91. The molecule has 3 aliphatic rings. The smallest absolute Gasteiger partial charge is 0.169 e. The standard InChI is InChI=1S/C29H38FN7O2/c1-38-29(39-2)20-35-14-16-36(17-15-35)28-10-4-8-23(34-28)24-19-32-27(33-24)12-11-26(31)37-13-5-9-25(37)21-6-3-7-22(30)18-21/h3-4,6-8,10-12,18-19,25,27,29,31-33H,5,9,13-17,20H2,1-2H3/b12-11-,31-26?/t25-,27?/m1/s1. The highest BCUT2D eigenvalue weighted by Gasteiger charge is 2.28. The lowest BCUT2D eigenvalue weighted by Gasteiger charge is -2.36. The molecule has 5 rings (SSSR count). The lowest BCUT2D eigenvalue weighted by Crippen LogP contribution is -2.49. The van der Waals surface area contributed by atoms with Crippen LogP contribution in [0.2, 0.25) is 0 Å². The molecule has 2 aromatic rings. The first kappa shape index (κ1) is 27.1. The molecule has 2 fully saturated rings. The maximum Gasteiger partial charge on any atom is 0.169 e. The van der Waals surface area contributed by atoms with E-state index in [1.165, 1.54) is 6.07 Å². The van der Waals surface area contributed by atoms with E-state index < -0.39 is 0 Å². The summed E-state index contributed by atoms with van der Waals surface area (Å²) < 4.78 is 24.4. The first-order valence-corrected chi connectivity index (χ1v) is 13.6. The van der Waals surface area contributed by atoms with Crippen molar-refractivity contribution in [2.75, 3.05) is 58.4 Å². The van der Waals surface area contributed by atoms with Gasteiger partial charge in [-0.1, -0.05) is 18.2 Å². The summed E-state index contributed by atoms with van der Waals surface area (Å²) in [6.45, 7) is 5.18. The number of methoxy groups -OCH3 is 2. The molecular formula is C29H38FN7O2. The van der Waals surface area contributed by atoms with Gasteiger partial charge in [0, 0.05) is 59.7 Å². The van der Waals surface area contributed by atoms with Crippen LogP contribution in [0.25, 0.3) is 5.70 Å². The third-order valence-electron chi connectivity index (χ3n) is 7.60. The number of hydrogen-bond donors (Lipinski definition) is 3. The number of nitrogens with one attached hydrogen (secondary N) is 3. The Balaban J connectivity index is 1.14. The quantitative estimate of drug-likeness (QED) is 0.257. The van der Waals surface area contributed by atoms with Crippen LogP contribution in [0.1, 0.15) is 30.1 Å². The number of nitrogens with zero attached hydrogens (tertiary/aromatic N) is 4. The van der Waals surface area contributed by atoms with Gasteiger partial charge >= 0.3 is 0 Å². The van der Waals surface area contributed by atoms with Gasteiger partial charge in [-0.2, -0.15) is 0 Å². The third kappa shape index (κ3) is 6.58. The summed E-state index contributed by atoms with van der Waals surface area (Å²) in [6.07, 6.45) is 7.26. The molecule has 39 heavy (non-hydrogen) atoms. The Morgan fingerprint density at radius 3 is 2.69 bits per heavy atom. The molecule has 0 saturated carbocycles. The number of likely N-dealkylation sites (tertiary alicyclic amines) is 1. The second-order valence-corrected chi connectivity index (χ2v) is 10.1. The first-order chi connectivity index (χ1) is 19.0. The van der Waals surface area contributed by atoms with Crippen molar-refractivity contribution in [3.8, 4) is 0 Å². The molecule has 3 N–H and O–H groups in total. The molecule has 0 amide bonds. The van der Waals surface area contributed by atoms with E-state index in [0.29, 0.717) is 5.84 Å². The zero-order chi connectivity index (χ0) is 27.2. The van der Waals surface area contributed by atoms with Crippen LogP contribution in [0.15, 0.2) is 60.8 Å². The topological polar surface area (TPSA) is 89.0 Å². The van der Waals surface area contributed by atoms with Crippen LogP contribution < -0.4 is 15.5 Å². The van der Waals surface area contributed by atoms with Crippen LogP contribution in [0, 0.1) is 11.2 Å². The number of piperazine rings is 1. The minimum atomic E-state index is -0.235. The van der Waals surface area contributed by atoms with Gasteiger partial charge in [0.25, 0.3) is 0 Å². The molecule has 3 aliphatic heterocycles. The number of pyridine rings is 1. The lowest BCUT2D eigenvalue weighted by atomic mass is 10.0. The number of ether oxygens (including phenoxy) is 2. The lowest BCUT2D eigenvalue weighted by molar-refractivity contribution is -0.116. The van der Waals surface area contributed by atoms with E-state index in [1.807, 2.05) is 41.5 Å². The van der Waals surface area contributed by atoms with Crippen molar-refractivity contribution >= 4 is 17.4 Å². The second-order valence-electron chi connectivity index (χ2n) is 10.1. The molecule has 2 saturated heterocycles. The van der Waals surface area contributed by atoms with Gasteiger partial charge < -0.3 is 29.9 Å². The average molecular weight is 536 g/mol. The van der Waals surface area contributed by atoms with Crippen LogP contribution in [0.4, 0.5) is 10.2 Å². The molecule has 208 valence electrons. The van der Waals surface area contributed by atoms with Crippen molar-refractivity contribution in [3.05, 3.63) is 77.9 Å². The van der Waals surface area contributed by atoms with Crippen molar-refractivity contribution in [3.63, 3.8) is 0 Å². The maximum atomic E-state index is 13.8. The highest BCUT2D eigenvalue weighted by Crippen LogP contribution is 2.32. The second kappa shape index (κ2) is 12.6. The van der Waals surface area contributed by atoms with Gasteiger partial charge in [0.2, 0.25) is 0 Å². The van der Waals surface area contributed by atoms with E-state index in [0.717, 1.165) is 74.9 Å². The minimum Gasteiger partial charge on any atom is -0.366 e. The Morgan fingerprint density at radius 1 is 1.13 bits per heavy atom. The van der Waals surface area contributed by atoms with Crippen molar-refractivity contribution in [1.82, 2.24) is 25.4 Å². The highest BCUT2D eigenvalue weighted by atomic mass is 19.1. The summed E-state index contributed by atoms with van der Waals surface area (Å²) in [5.74, 6) is 1.16. The Hall–Kier alpha value is -3.47. The molecule has 2 atom stereocenters. The number of anilines is 1. The van der Waals surface area contributed by atoms with E-state index >= 15 is 0 Å². The van der Waals surface area contributed by atoms with E-state index in [4.69, 9.17) is 19.9 Å². The van der Waals surface area contributed by atoms with Crippen LogP contribution >= 0.6 is 0 Å². The first-order valence-electron chi connectivity index (χ1n) is 13.6. The summed E-state index contributed by atoms with van der Waals surface area (Å²) in [5.41, 5.74) is 2.71. The minimum absolute atomic E-state index is 0.0335. The summed E-state index contributed by atoms with van der Waals surface area (Å²) >= 11 is 0. The van der Waals surface area contributed by atoms with E-state index in [1.54, 1.807) is 26.4 Å². The summed E-state index contributed by atoms with van der Waals surface area (Å²) in [5, 5.41) is 15.4. The fraction of sp³-hybridized carbons (Fsp3) is 0.448. The van der Waals surface area contributed by atoms with E-state index in [9.17, 15) is 4.39 Å². The molecule has 1 unspecified atom stereocenters. The number of benzene rings is 1. The fourth-order valence-electron chi connectivity index (χ4n) is 5.44. The molecular weight excluding hydrogens is 497 g/mol. The van der Waals surface area contributed by atoms with Gasteiger partial charge in [0.05, 0.1) is 17.4 Å². The van der Waals surface area contributed by atoms with Crippen LogP contribution in [0.5, 0.6) is 0 Å². The summed E-state index contributed by atoms with van der Waals surface area (Å²) in [6, 6.07) is 12.9. The van der Waals surface area contributed by atoms with Crippen molar-refractivity contribution in [2.24, 2.45) is 0 Å². The molecule has 10 heteroatoms. The summed E-state index contributed by atoms with van der Waals surface area (Å²) in [4.78, 5) is 11.6. The van der Waals surface area contributed by atoms with Gasteiger partial charge in [0.1, 0.15) is 23.6 Å². The fourth-order valence-corrected chi connectivity index (χ4v) is 5.44. The normalized spacial score (nSPS) is 21.9. The van der Waals surface area contributed by atoms with E-state index in [2.05, 4.69) is 26.5 Å². The Labute approximate surface area is 229 Å². The Bertz CT molecular complexity index is 1190. The average Bonchev–Trinajstić information content (AvgIpc) is 3.66. The van der Waals surface area contributed by atoms with Crippen LogP contribution in [-0.2, 0) is 9.47 Å². The monoisotopic (exact) mass is 535 g/mol. The maximum absolute atomic E-state index is 13.8. The Kier molecular flexibility index (Phi) is 8.75. The molecule has 9 nitrogen and oxygen atoms in total. The van der Waals surface area contributed by atoms with Crippen LogP contribution in [0.3, 0.4) is 0 Å². The molecule has 1 aromatic heterocycles. The number of rotatable bonds is 9. The molecule has 0 radical (unpaired) electrons. The van der Waals surface area contributed by atoms with Gasteiger partial charge in [-0.05, 0) is 54.8 Å². The van der Waals surface area contributed by atoms with Gasteiger partial charge in [-0.15, -0.1) is 0 Å². The van der Waals surface area contributed by atoms with Crippen molar-refractivity contribution in [1.29, 1.82) is 5.41 Å². The predicted octanol–water partition coefficient (Wildman–Crippen LogP) is 3.15. The zero-order valence-electron chi connectivity index (χ0n) is 22.6. The van der Waals surface area contributed by atoms with Crippen molar-refractivity contribution in [2.45, 2.75) is 31.3 Å². The Morgan fingerprint density at radius 2 is 1.92 bits per heavy atom. The largest absolute Gasteiger partial charge is 0.366 e. The number of halogens is 1. The summed E-state index contributed by atoms with van der Waals surface area (Å²) in [7, 11) is 3.34. The molecule has 1 aromatic carbocycles. The zero-order valence-corrected chi connectivity index (χ0v) is 22.6. The van der Waals surface area contributed by atoms with Crippen LogP contribution in [-0.4, -0.2) is 86.6 Å². The van der Waals surface area contributed by atoms with Gasteiger partial charge in [-0.3, -0.25) is 10.3 Å².